The topological polar surface area (TPSA) is 107 Å². The summed E-state index contributed by atoms with van der Waals surface area (Å²) in [4.78, 5) is 22.7. The van der Waals surface area contributed by atoms with E-state index in [2.05, 4.69) is 13.2 Å². The zero-order chi connectivity index (χ0) is 21.1. The van der Waals surface area contributed by atoms with Crippen molar-refractivity contribution < 1.29 is 32.0 Å². The van der Waals surface area contributed by atoms with E-state index in [1.54, 1.807) is 0 Å². The number of hydrogen-bond donors (Lipinski definition) is 1. The molecule has 0 bridgehead atoms. The quantitative estimate of drug-likeness (QED) is 0.341. The van der Waals surface area contributed by atoms with Crippen molar-refractivity contribution in [2.75, 3.05) is 0 Å². The van der Waals surface area contributed by atoms with Gasteiger partial charge in [0.05, 0.1) is 0 Å². The lowest BCUT2D eigenvalue weighted by atomic mass is 10.1. The van der Waals surface area contributed by atoms with Crippen molar-refractivity contribution in [1.82, 2.24) is 0 Å². The van der Waals surface area contributed by atoms with Gasteiger partial charge in [-0.1, -0.05) is 25.3 Å². The van der Waals surface area contributed by atoms with Crippen LogP contribution >= 0.6 is 0 Å². The number of carbonyl (C=O) groups excluding carboxylic acids is 2. The Balaban J connectivity index is 2.42. The third kappa shape index (κ3) is 5.15. The molecule has 0 heterocycles. The molecule has 0 atom stereocenters. The Hall–Kier alpha value is -3.23. The molecule has 0 aliphatic rings. The molecule has 0 unspecified atom stereocenters. The lowest BCUT2D eigenvalue weighted by Crippen LogP contribution is -2.09. The van der Waals surface area contributed by atoms with Gasteiger partial charge < -0.3 is 9.47 Å². The van der Waals surface area contributed by atoms with E-state index in [4.69, 9.17) is 9.47 Å². The number of esters is 2. The minimum Gasteiger partial charge on any atom is -0.423 e. The van der Waals surface area contributed by atoms with Crippen molar-refractivity contribution in [3.63, 3.8) is 0 Å². The van der Waals surface area contributed by atoms with Gasteiger partial charge in [0, 0.05) is 22.8 Å². The Bertz CT molecular complexity index is 1060. The monoisotopic (exact) mass is 402 g/mol. The smallest absolute Gasteiger partial charge is 0.338 e. The minimum atomic E-state index is -4.61. The zero-order valence-electron chi connectivity index (χ0n) is 15.3. The predicted octanol–water partition coefficient (Wildman–Crippen LogP) is 3.56. The van der Waals surface area contributed by atoms with Crippen molar-refractivity contribution in [2.45, 2.75) is 18.7 Å². The lowest BCUT2D eigenvalue weighted by Gasteiger charge is -2.11. The molecule has 0 aliphatic heterocycles. The van der Waals surface area contributed by atoms with Crippen LogP contribution < -0.4 is 9.47 Å². The molecule has 0 aromatic heterocycles. The molecule has 0 saturated carbocycles. The van der Waals surface area contributed by atoms with Crippen LogP contribution in [0.15, 0.2) is 71.7 Å². The van der Waals surface area contributed by atoms with Crippen LogP contribution in [-0.2, 0) is 19.7 Å². The molecule has 2 rings (SSSR count). The first-order valence-corrected chi connectivity index (χ1v) is 9.40. The molecule has 1 N–H and O–H groups in total. The molecule has 2 aromatic carbocycles. The average Bonchev–Trinajstić information content (AvgIpc) is 2.61. The van der Waals surface area contributed by atoms with Gasteiger partial charge in [-0.3, -0.25) is 4.55 Å². The molecule has 2 aromatic rings. The highest BCUT2D eigenvalue weighted by Gasteiger charge is 2.19. The number of ether oxygens (including phenoxy) is 2. The van der Waals surface area contributed by atoms with Crippen molar-refractivity contribution >= 4 is 22.1 Å². The molecule has 0 spiro atoms. The highest BCUT2D eigenvalue weighted by molar-refractivity contribution is 7.86. The number of rotatable bonds is 6. The maximum atomic E-state index is 11.8. The zero-order valence-corrected chi connectivity index (χ0v) is 16.1. The van der Waals surface area contributed by atoms with Gasteiger partial charge in [0.2, 0.25) is 0 Å². The number of benzene rings is 2. The second kappa shape index (κ2) is 8.20. The van der Waals surface area contributed by atoms with Crippen molar-refractivity contribution in [3.05, 3.63) is 66.8 Å². The lowest BCUT2D eigenvalue weighted by molar-refractivity contribution is -0.130. The molecule has 7 nitrogen and oxygen atoms in total. The van der Waals surface area contributed by atoms with Gasteiger partial charge in [0.25, 0.3) is 10.1 Å². The standard InChI is InChI=1S/C20H18O7S/c1-12(2)19(21)26-15-7-5-14(6-8-15)17-10-9-16(27-20(22)13(3)4)11-18(17)28(23,24)25/h5-11H,1,3H2,2,4H3,(H,23,24,25). The summed E-state index contributed by atoms with van der Waals surface area (Å²) in [7, 11) is -4.61. The maximum Gasteiger partial charge on any atom is 0.338 e. The van der Waals surface area contributed by atoms with E-state index in [0.717, 1.165) is 6.07 Å². The summed E-state index contributed by atoms with van der Waals surface area (Å²) < 4.78 is 43.3. The van der Waals surface area contributed by atoms with E-state index in [1.165, 1.54) is 50.2 Å². The largest absolute Gasteiger partial charge is 0.423 e. The van der Waals surface area contributed by atoms with E-state index in [-0.39, 0.29) is 28.2 Å². The minimum absolute atomic E-state index is 0.0589. The summed E-state index contributed by atoms with van der Waals surface area (Å²) in [5.74, 6) is -1.12. The molecular weight excluding hydrogens is 384 g/mol. The Morgan fingerprint density at radius 2 is 1.32 bits per heavy atom. The third-order valence-electron chi connectivity index (χ3n) is 3.51. The van der Waals surface area contributed by atoms with E-state index in [1.807, 2.05) is 0 Å². The number of hydrogen-bond acceptors (Lipinski definition) is 6. The molecule has 0 radical (unpaired) electrons. The van der Waals surface area contributed by atoms with Gasteiger partial charge in [0.1, 0.15) is 16.4 Å². The summed E-state index contributed by atoms with van der Waals surface area (Å²) in [6, 6.07) is 9.80. The highest BCUT2D eigenvalue weighted by Crippen LogP contribution is 2.32. The predicted molar refractivity (Wildman–Crippen MR) is 103 cm³/mol. The highest BCUT2D eigenvalue weighted by atomic mass is 32.2. The van der Waals surface area contributed by atoms with Crippen LogP contribution in [0.25, 0.3) is 11.1 Å². The Labute approximate surface area is 162 Å². The number of carbonyl (C=O) groups is 2. The van der Waals surface area contributed by atoms with E-state index in [0.29, 0.717) is 5.56 Å². The first-order valence-electron chi connectivity index (χ1n) is 7.96. The first-order chi connectivity index (χ1) is 13.0. The van der Waals surface area contributed by atoms with E-state index in [9.17, 15) is 22.6 Å². The van der Waals surface area contributed by atoms with Crippen LogP contribution in [0.4, 0.5) is 0 Å². The Morgan fingerprint density at radius 3 is 1.79 bits per heavy atom. The summed E-state index contributed by atoms with van der Waals surface area (Å²) in [5, 5.41) is 0. The fraction of sp³-hybridized carbons (Fsp3) is 0.100. The van der Waals surface area contributed by atoms with Crippen LogP contribution in [-0.4, -0.2) is 24.9 Å². The van der Waals surface area contributed by atoms with Gasteiger partial charge in [-0.15, -0.1) is 0 Å². The third-order valence-corrected chi connectivity index (χ3v) is 4.41. The van der Waals surface area contributed by atoms with E-state index >= 15 is 0 Å². The molecule has 8 heteroatoms. The van der Waals surface area contributed by atoms with Crippen LogP contribution in [0.2, 0.25) is 0 Å². The van der Waals surface area contributed by atoms with Gasteiger partial charge >= 0.3 is 11.9 Å². The van der Waals surface area contributed by atoms with Crippen LogP contribution in [0.5, 0.6) is 11.5 Å². The molecule has 0 fully saturated rings. The maximum absolute atomic E-state index is 11.8. The molecule has 0 amide bonds. The second-order valence-corrected chi connectivity index (χ2v) is 7.39. The summed E-state index contributed by atoms with van der Waals surface area (Å²) in [5.41, 5.74) is 0.978. The molecular formula is C20H18O7S. The van der Waals surface area contributed by atoms with Gasteiger partial charge in [-0.05, 0) is 43.7 Å². The van der Waals surface area contributed by atoms with E-state index < -0.39 is 27.0 Å². The van der Waals surface area contributed by atoms with Crippen LogP contribution in [0.1, 0.15) is 13.8 Å². The molecule has 0 aliphatic carbocycles. The van der Waals surface area contributed by atoms with Gasteiger partial charge in [-0.25, -0.2) is 9.59 Å². The van der Waals surface area contributed by atoms with Crippen molar-refractivity contribution in [2.24, 2.45) is 0 Å². The normalized spacial score (nSPS) is 10.8. The van der Waals surface area contributed by atoms with Crippen molar-refractivity contribution in [1.29, 1.82) is 0 Å². The molecule has 28 heavy (non-hydrogen) atoms. The second-order valence-electron chi connectivity index (χ2n) is 6.00. The van der Waals surface area contributed by atoms with Crippen LogP contribution in [0, 0.1) is 0 Å². The van der Waals surface area contributed by atoms with Gasteiger partial charge in [0.15, 0.2) is 0 Å². The average molecular weight is 402 g/mol. The first kappa shape index (κ1) is 21.1. The van der Waals surface area contributed by atoms with Gasteiger partial charge in [-0.2, -0.15) is 8.42 Å². The van der Waals surface area contributed by atoms with Crippen molar-refractivity contribution in [3.8, 4) is 22.6 Å². The Kier molecular flexibility index (Phi) is 6.17. The fourth-order valence-corrected chi connectivity index (χ4v) is 2.84. The molecule has 146 valence electrons. The fourth-order valence-electron chi connectivity index (χ4n) is 2.11. The summed E-state index contributed by atoms with van der Waals surface area (Å²) in [6.45, 7) is 9.89. The summed E-state index contributed by atoms with van der Waals surface area (Å²) >= 11 is 0. The SMILES string of the molecule is C=C(C)C(=O)Oc1ccc(-c2ccc(OC(=O)C(=C)C)cc2S(=O)(=O)O)cc1. The van der Waals surface area contributed by atoms with Crippen LogP contribution in [0.3, 0.4) is 0 Å². The molecule has 0 saturated heterocycles. The summed E-state index contributed by atoms with van der Waals surface area (Å²) in [6.07, 6.45) is 0. The Morgan fingerprint density at radius 1 is 0.857 bits per heavy atom.